The second-order valence-electron chi connectivity index (χ2n) is 3.33. The molecule has 9 heteroatoms. The van der Waals surface area contributed by atoms with Crippen LogP contribution < -0.4 is 5.32 Å². The van der Waals surface area contributed by atoms with Gasteiger partial charge in [-0.3, -0.25) is 0 Å². The average molecular weight is 342 g/mol. The number of anilines is 1. The molecule has 2 rings (SSSR count). The van der Waals surface area contributed by atoms with Crippen LogP contribution in [0.3, 0.4) is 0 Å². The predicted molar refractivity (Wildman–Crippen MR) is 72.2 cm³/mol. The van der Waals surface area contributed by atoms with Crippen LogP contribution in [0.2, 0.25) is 5.02 Å². The number of hydrogen-bond donors (Lipinski definition) is 3. The molecule has 1 aromatic heterocycles. The molecule has 1 aromatic carbocycles. The summed E-state index contributed by atoms with van der Waals surface area (Å²) in [6.45, 7) is 0. The lowest BCUT2D eigenvalue weighted by molar-refractivity contribution is 0.474. The van der Waals surface area contributed by atoms with Crippen molar-refractivity contribution in [2.24, 2.45) is 0 Å². The lowest BCUT2D eigenvalue weighted by Crippen LogP contribution is -1.93. The number of nitrogens with one attached hydrogen (secondary N) is 2. The summed E-state index contributed by atoms with van der Waals surface area (Å²) in [5.41, 5.74) is 0.500. The van der Waals surface area contributed by atoms with E-state index in [0.717, 1.165) is 0 Å². The number of rotatable bonds is 3. The standard InChI is InChI=1S/C10H6BrClN6O/c11-7-1-6(12)2-8(9(7)19)14-4-5(3-13)10-15-17-18-16-10/h1-2,4,14,19H,(H,15,16,17,18). The summed E-state index contributed by atoms with van der Waals surface area (Å²) in [7, 11) is 0. The van der Waals surface area contributed by atoms with Crippen molar-refractivity contribution in [3.8, 4) is 11.8 Å². The maximum atomic E-state index is 9.81. The summed E-state index contributed by atoms with van der Waals surface area (Å²) in [4.78, 5) is 0. The summed E-state index contributed by atoms with van der Waals surface area (Å²) in [5, 5.41) is 34.9. The number of hydrogen-bond acceptors (Lipinski definition) is 6. The van der Waals surface area contributed by atoms with Gasteiger partial charge in [-0.25, -0.2) is 0 Å². The minimum Gasteiger partial charge on any atom is -0.505 e. The monoisotopic (exact) mass is 340 g/mol. The number of H-pyrrole nitrogens is 1. The molecule has 96 valence electrons. The van der Waals surface area contributed by atoms with Crippen LogP contribution in [0.15, 0.2) is 22.8 Å². The van der Waals surface area contributed by atoms with Gasteiger partial charge in [-0.2, -0.15) is 10.5 Å². The Morgan fingerprint density at radius 2 is 2.37 bits per heavy atom. The molecular weight excluding hydrogens is 336 g/mol. The molecule has 0 fully saturated rings. The molecule has 19 heavy (non-hydrogen) atoms. The van der Waals surface area contributed by atoms with Crippen molar-refractivity contribution in [2.45, 2.75) is 0 Å². The van der Waals surface area contributed by atoms with Crippen LogP contribution in [0.4, 0.5) is 5.69 Å². The van der Waals surface area contributed by atoms with E-state index >= 15 is 0 Å². The Bertz CT molecular complexity index is 663. The maximum absolute atomic E-state index is 9.81. The van der Waals surface area contributed by atoms with Crippen LogP contribution in [-0.2, 0) is 0 Å². The molecule has 0 bridgehead atoms. The van der Waals surface area contributed by atoms with Crippen molar-refractivity contribution in [1.82, 2.24) is 20.6 Å². The van der Waals surface area contributed by atoms with Gasteiger partial charge in [0.25, 0.3) is 0 Å². The molecule has 0 spiro atoms. The average Bonchev–Trinajstić information content (AvgIpc) is 2.89. The molecule has 2 aromatic rings. The summed E-state index contributed by atoms with van der Waals surface area (Å²) in [6, 6.07) is 4.98. The fourth-order valence-corrected chi connectivity index (χ4v) is 2.06. The zero-order valence-corrected chi connectivity index (χ0v) is 11.6. The van der Waals surface area contributed by atoms with Crippen molar-refractivity contribution in [1.29, 1.82) is 5.26 Å². The Morgan fingerprint density at radius 3 is 3.00 bits per heavy atom. The van der Waals surface area contributed by atoms with E-state index in [4.69, 9.17) is 16.9 Å². The molecule has 7 nitrogen and oxygen atoms in total. The fraction of sp³-hybridized carbons (Fsp3) is 0. The first kappa shape index (κ1) is 13.3. The summed E-state index contributed by atoms with van der Waals surface area (Å²) in [6.07, 6.45) is 1.35. The van der Waals surface area contributed by atoms with Crippen molar-refractivity contribution in [2.75, 3.05) is 5.32 Å². The topological polar surface area (TPSA) is 111 Å². The third-order valence-corrected chi connectivity index (χ3v) is 2.93. The number of tetrazole rings is 1. The number of aromatic nitrogens is 4. The van der Waals surface area contributed by atoms with Crippen molar-refractivity contribution >= 4 is 38.8 Å². The first-order chi connectivity index (χ1) is 9.11. The number of nitriles is 1. The van der Waals surface area contributed by atoms with Gasteiger partial charge in [0.2, 0.25) is 5.82 Å². The van der Waals surface area contributed by atoms with Gasteiger partial charge in [0.05, 0.1) is 10.2 Å². The molecule has 1 heterocycles. The quantitative estimate of drug-likeness (QED) is 0.583. The van der Waals surface area contributed by atoms with Gasteiger partial charge < -0.3 is 10.4 Å². The van der Waals surface area contributed by atoms with Gasteiger partial charge in [-0.05, 0) is 33.3 Å². The van der Waals surface area contributed by atoms with Gasteiger partial charge in [0.15, 0.2) is 5.75 Å². The summed E-state index contributed by atoms with van der Waals surface area (Å²) in [5.74, 6) is 0.127. The second kappa shape index (κ2) is 5.69. The minimum absolute atomic E-state index is 0.0222. The van der Waals surface area contributed by atoms with Crippen molar-refractivity contribution in [3.05, 3.63) is 33.7 Å². The SMILES string of the molecule is N#CC(=CNc1cc(Cl)cc(Br)c1O)c1nn[nH]n1. The number of phenolic OH excluding ortho intramolecular Hbond substituents is 1. The van der Waals surface area contributed by atoms with Crippen LogP contribution >= 0.6 is 27.5 Å². The zero-order valence-electron chi connectivity index (χ0n) is 9.22. The van der Waals surface area contributed by atoms with Crippen LogP contribution in [-0.4, -0.2) is 25.7 Å². The van der Waals surface area contributed by atoms with E-state index in [2.05, 4.69) is 41.9 Å². The largest absolute Gasteiger partial charge is 0.505 e. The molecule has 0 saturated heterocycles. The minimum atomic E-state index is -0.0222. The number of aromatic amines is 1. The highest BCUT2D eigenvalue weighted by Crippen LogP contribution is 2.35. The summed E-state index contributed by atoms with van der Waals surface area (Å²) >= 11 is 9.02. The molecule has 0 unspecified atom stereocenters. The highest BCUT2D eigenvalue weighted by atomic mass is 79.9. The molecule has 3 N–H and O–H groups in total. The maximum Gasteiger partial charge on any atom is 0.216 e. The number of aromatic hydroxyl groups is 1. The Labute approximate surface area is 121 Å². The number of allylic oxidation sites excluding steroid dienone is 1. The van der Waals surface area contributed by atoms with E-state index in [1.165, 1.54) is 12.3 Å². The molecule has 0 aliphatic heterocycles. The molecule has 0 radical (unpaired) electrons. The van der Waals surface area contributed by atoms with E-state index in [0.29, 0.717) is 15.2 Å². The van der Waals surface area contributed by atoms with E-state index in [1.807, 2.05) is 6.07 Å². The number of nitrogens with zero attached hydrogens (tertiary/aromatic N) is 4. The lowest BCUT2D eigenvalue weighted by Gasteiger charge is -2.07. The molecule has 0 saturated carbocycles. The molecule has 0 amide bonds. The first-order valence-corrected chi connectivity index (χ1v) is 6.07. The van der Waals surface area contributed by atoms with Crippen LogP contribution in [0.5, 0.6) is 5.75 Å². The highest BCUT2D eigenvalue weighted by Gasteiger charge is 2.09. The zero-order chi connectivity index (χ0) is 13.8. The van der Waals surface area contributed by atoms with E-state index in [1.54, 1.807) is 6.07 Å². The second-order valence-corrected chi connectivity index (χ2v) is 4.62. The smallest absolute Gasteiger partial charge is 0.216 e. The number of benzene rings is 1. The summed E-state index contributed by atoms with van der Waals surface area (Å²) < 4.78 is 0.439. The van der Waals surface area contributed by atoms with Crippen molar-refractivity contribution < 1.29 is 5.11 Å². The predicted octanol–water partition coefficient (Wildman–Crippen LogP) is 2.30. The Morgan fingerprint density at radius 1 is 1.58 bits per heavy atom. The molecule has 0 aliphatic rings. The van der Waals surface area contributed by atoms with Gasteiger partial charge >= 0.3 is 0 Å². The molecular formula is C10H6BrClN6O. The number of phenols is 1. The third-order valence-electron chi connectivity index (χ3n) is 2.11. The van der Waals surface area contributed by atoms with Crippen molar-refractivity contribution in [3.63, 3.8) is 0 Å². The van der Waals surface area contributed by atoms with E-state index in [-0.39, 0.29) is 17.1 Å². The van der Waals surface area contributed by atoms with Crippen LogP contribution in [0.25, 0.3) is 5.57 Å². The normalized spacial score (nSPS) is 11.1. The Kier molecular flexibility index (Phi) is 3.99. The first-order valence-electron chi connectivity index (χ1n) is 4.90. The fourth-order valence-electron chi connectivity index (χ4n) is 1.25. The van der Waals surface area contributed by atoms with E-state index < -0.39 is 0 Å². The molecule has 0 atom stereocenters. The molecule has 0 aliphatic carbocycles. The van der Waals surface area contributed by atoms with E-state index in [9.17, 15) is 5.11 Å². The van der Waals surface area contributed by atoms with Gasteiger partial charge in [0.1, 0.15) is 11.6 Å². The highest BCUT2D eigenvalue weighted by molar-refractivity contribution is 9.10. The van der Waals surface area contributed by atoms with Crippen LogP contribution in [0.1, 0.15) is 5.82 Å². The van der Waals surface area contributed by atoms with Gasteiger partial charge in [0, 0.05) is 11.2 Å². The van der Waals surface area contributed by atoms with Gasteiger partial charge in [-0.1, -0.05) is 11.6 Å². The number of halogens is 2. The van der Waals surface area contributed by atoms with Crippen LogP contribution in [0, 0.1) is 11.3 Å². The Balaban J connectivity index is 2.30. The van der Waals surface area contributed by atoms with Gasteiger partial charge in [-0.15, -0.1) is 10.2 Å². The lowest BCUT2D eigenvalue weighted by atomic mass is 10.2. The Hall–Kier alpha value is -2.11. The third kappa shape index (κ3) is 3.01.